The fourth-order valence-electron chi connectivity index (χ4n) is 2.88. The summed E-state index contributed by atoms with van der Waals surface area (Å²) in [7, 11) is 0. The van der Waals surface area contributed by atoms with E-state index >= 15 is 0 Å². The molecule has 3 heterocycles. The fraction of sp³-hybridized carbons (Fsp3) is 0.167. The highest BCUT2D eigenvalue weighted by atomic mass is 16.3. The highest BCUT2D eigenvalue weighted by Crippen LogP contribution is 2.25. The number of fused-ring (bicyclic) bond motifs is 2. The van der Waals surface area contributed by atoms with E-state index in [9.17, 15) is 9.59 Å². The summed E-state index contributed by atoms with van der Waals surface area (Å²) in [5, 5.41) is 3.96. The summed E-state index contributed by atoms with van der Waals surface area (Å²) >= 11 is 0. The van der Waals surface area contributed by atoms with Crippen LogP contribution in [0.4, 0.5) is 0 Å². The molecule has 4 rings (SSSR count). The number of carbonyl (C=O) groups is 1. The first-order valence-corrected chi connectivity index (χ1v) is 7.80. The molecule has 1 unspecified atom stereocenters. The second-order valence-electron chi connectivity index (χ2n) is 5.83. The van der Waals surface area contributed by atoms with Crippen LogP contribution in [-0.2, 0) is 0 Å². The molecule has 7 nitrogen and oxygen atoms in total. The fourth-order valence-corrected chi connectivity index (χ4v) is 2.88. The standard InChI is InChI=1S/C18H15N3O4/c1-9(13-7-11-5-3-4-6-12(11)25-13)21-17(23)14-10(2)24-18-15(14)16(22)19-8-20-18/h3-9H,1-2H3,(H,21,23)(H,19,20,22). The molecule has 7 heteroatoms. The predicted molar refractivity (Wildman–Crippen MR) is 91.5 cm³/mol. The van der Waals surface area contributed by atoms with Crippen molar-refractivity contribution in [1.82, 2.24) is 15.3 Å². The Kier molecular flexibility index (Phi) is 3.42. The van der Waals surface area contributed by atoms with Crippen molar-refractivity contribution in [3.8, 4) is 0 Å². The van der Waals surface area contributed by atoms with E-state index in [-0.39, 0.29) is 22.7 Å². The Morgan fingerprint density at radius 1 is 1.28 bits per heavy atom. The Bertz CT molecular complexity index is 1120. The number of nitrogens with one attached hydrogen (secondary N) is 2. The number of nitrogens with zero attached hydrogens (tertiary/aromatic N) is 1. The molecule has 0 saturated heterocycles. The van der Waals surface area contributed by atoms with Crippen LogP contribution in [0.2, 0.25) is 0 Å². The average molecular weight is 337 g/mol. The Labute approximate surface area is 141 Å². The van der Waals surface area contributed by atoms with Crippen LogP contribution in [0.1, 0.15) is 34.8 Å². The highest BCUT2D eigenvalue weighted by Gasteiger charge is 2.24. The monoisotopic (exact) mass is 337 g/mol. The summed E-state index contributed by atoms with van der Waals surface area (Å²) in [5.74, 6) is 0.559. The molecule has 126 valence electrons. The van der Waals surface area contributed by atoms with Crippen LogP contribution < -0.4 is 10.9 Å². The molecule has 0 radical (unpaired) electrons. The number of benzene rings is 1. The van der Waals surface area contributed by atoms with Gasteiger partial charge in [0, 0.05) is 5.39 Å². The van der Waals surface area contributed by atoms with Crippen molar-refractivity contribution in [1.29, 1.82) is 0 Å². The van der Waals surface area contributed by atoms with Crippen LogP contribution in [0.3, 0.4) is 0 Å². The van der Waals surface area contributed by atoms with Gasteiger partial charge in [-0.2, -0.15) is 0 Å². The number of para-hydroxylation sites is 1. The first kappa shape index (κ1) is 15.2. The third kappa shape index (κ3) is 2.50. The van der Waals surface area contributed by atoms with Crippen LogP contribution in [-0.4, -0.2) is 15.9 Å². The van der Waals surface area contributed by atoms with Gasteiger partial charge in [-0.05, 0) is 26.0 Å². The van der Waals surface area contributed by atoms with Gasteiger partial charge in [0.15, 0.2) is 0 Å². The lowest BCUT2D eigenvalue weighted by atomic mass is 10.1. The number of hydrogen-bond donors (Lipinski definition) is 2. The van der Waals surface area contributed by atoms with Gasteiger partial charge in [-0.15, -0.1) is 0 Å². The van der Waals surface area contributed by atoms with Gasteiger partial charge in [-0.25, -0.2) is 4.98 Å². The maximum Gasteiger partial charge on any atom is 0.262 e. The van der Waals surface area contributed by atoms with Gasteiger partial charge in [-0.3, -0.25) is 9.59 Å². The summed E-state index contributed by atoms with van der Waals surface area (Å²) in [4.78, 5) is 31.1. The molecule has 1 atom stereocenters. The molecule has 0 spiro atoms. The predicted octanol–water partition coefficient (Wildman–Crippen LogP) is 3.06. The Balaban J connectivity index is 1.68. The average Bonchev–Trinajstić information content (AvgIpc) is 3.15. The van der Waals surface area contributed by atoms with E-state index in [2.05, 4.69) is 15.3 Å². The van der Waals surface area contributed by atoms with Gasteiger partial charge in [0.05, 0.1) is 17.9 Å². The molecule has 0 aliphatic carbocycles. The first-order chi connectivity index (χ1) is 12.0. The van der Waals surface area contributed by atoms with Crippen molar-refractivity contribution in [3.05, 3.63) is 64.1 Å². The van der Waals surface area contributed by atoms with E-state index in [1.165, 1.54) is 6.33 Å². The molecule has 3 aromatic heterocycles. The van der Waals surface area contributed by atoms with Crippen molar-refractivity contribution in [3.63, 3.8) is 0 Å². The topological polar surface area (TPSA) is 101 Å². The highest BCUT2D eigenvalue weighted by molar-refractivity contribution is 6.06. The lowest BCUT2D eigenvalue weighted by Crippen LogP contribution is -2.27. The quantitative estimate of drug-likeness (QED) is 0.598. The smallest absolute Gasteiger partial charge is 0.262 e. The maximum absolute atomic E-state index is 12.7. The number of aromatic amines is 1. The zero-order chi connectivity index (χ0) is 17.6. The zero-order valence-electron chi connectivity index (χ0n) is 13.6. The minimum absolute atomic E-state index is 0.141. The molecular weight excluding hydrogens is 322 g/mol. The van der Waals surface area contributed by atoms with Crippen LogP contribution in [0, 0.1) is 6.92 Å². The number of rotatable bonds is 3. The number of amides is 1. The van der Waals surface area contributed by atoms with Crippen molar-refractivity contribution in [2.45, 2.75) is 19.9 Å². The van der Waals surface area contributed by atoms with Gasteiger partial charge in [-0.1, -0.05) is 18.2 Å². The van der Waals surface area contributed by atoms with Crippen LogP contribution in [0.25, 0.3) is 22.1 Å². The molecule has 2 N–H and O–H groups in total. The number of carbonyl (C=O) groups excluding carboxylic acids is 1. The molecule has 1 amide bonds. The number of hydrogen-bond acceptors (Lipinski definition) is 5. The van der Waals surface area contributed by atoms with Gasteiger partial charge in [0.25, 0.3) is 11.5 Å². The largest absolute Gasteiger partial charge is 0.459 e. The first-order valence-electron chi connectivity index (χ1n) is 7.80. The number of furan rings is 2. The van der Waals surface area contributed by atoms with E-state index < -0.39 is 11.5 Å². The SMILES string of the molecule is Cc1oc2nc[nH]c(=O)c2c1C(=O)NC(C)c1cc2ccccc2o1. The van der Waals surface area contributed by atoms with E-state index in [0.29, 0.717) is 11.5 Å². The van der Waals surface area contributed by atoms with E-state index in [1.54, 1.807) is 6.92 Å². The Morgan fingerprint density at radius 3 is 2.88 bits per heavy atom. The summed E-state index contributed by atoms with van der Waals surface area (Å²) in [6.45, 7) is 3.44. The summed E-state index contributed by atoms with van der Waals surface area (Å²) in [5.41, 5.74) is 0.669. The van der Waals surface area contributed by atoms with Crippen molar-refractivity contribution in [2.24, 2.45) is 0 Å². The molecule has 0 aliphatic rings. The van der Waals surface area contributed by atoms with Crippen LogP contribution in [0.5, 0.6) is 0 Å². The molecule has 0 aliphatic heterocycles. The number of H-pyrrole nitrogens is 1. The third-order valence-electron chi connectivity index (χ3n) is 4.12. The van der Waals surface area contributed by atoms with Gasteiger partial charge < -0.3 is 19.1 Å². The number of aryl methyl sites for hydroxylation is 1. The van der Waals surface area contributed by atoms with E-state index in [0.717, 1.165) is 11.0 Å². The lowest BCUT2D eigenvalue weighted by Gasteiger charge is -2.10. The molecule has 0 bridgehead atoms. The molecule has 4 aromatic rings. The normalized spacial score (nSPS) is 12.6. The van der Waals surface area contributed by atoms with Crippen molar-refractivity contribution < 1.29 is 13.6 Å². The lowest BCUT2D eigenvalue weighted by molar-refractivity contribution is 0.0935. The molecule has 25 heavy (non-hydrogen) atoms. The molecule has 0 fully saturated rings. The van der Waals surface area contributed by atoms with Gasteiger partial charge >= 0.3 is 0 Å². The van der Waals surface area contributed by atoms with E-state index in [1.807, 2.05) is 37.3 Å². The van der Waals surface area contributed by atoms with Crippen LogP contribution in [0.15, 0.2) is 50.3 Å². The summed E-state index contributed by atoms with van der Waals surface area (Å²) in [6.07, 6.45) is 1.24. The minimum atomic E-state index is -0.414. The number of aromatic nitrogens is 2. The second-order valence-corrected chi connectivity index (χ2v) is 5.83. The van der Waals surface area contributed by atoms with Crippen molar-refractivity contribution in [2.75, 3.05) is 0 Å². The molecular formula is C18H15N3O4. The second kappa shape index (κ2) is 5.62. The van der Waals surface area contributed by atoms with Crippen LogP contribution >= 0.6 is 0 Å². The van der Waals surface area contributed by atoms with Gasteiger partial charge in [0.1, 0.15) is 22.5 Å². The molecule has 1 aromatic carbocycles. The van der Waals surface area contributed by atoms with E-state index in [4.69, 9.17) is 8.83 Å². The minimum Gasteiger partial charge on any atom is -0.459 e. The summed E-state index contributed by atoms with van der Waals surface area (Å²) < 4.78 is 11.2. The molecule has 0 saturated carbocycles. The maximum atomic E-state index is 12.7. The Morgan fingerprint density at radius 2 is 2.08 bits per heavy atom. The van der Waals surface area contributed by atoms with Gasteiger partial charge in [0.2, 0.25) is 5.71 Å². The van der Waals surface area contributed by atoms with Crippen molar-refractivity contribution >= 4 is 28.0 Å². The summed E-state index contributed by atoms with van der Waals surface area (Å²) in [6, 6.07) is 9.13. The third-order valence-corrected chi connectivity index (χ3v) is 4.12. The zero-order valence-corrected chi connectivity index (χ0v) is 13.6. The Hall–Kier alpha value is -3.35.